The molecule has 1 N–H and O–H groups in total. The van der Waals surface area contributed by atoms with Crippen LogP contribution in [0, 0.1) is 20.2 Å². The highest BCUT2D eigenvalue weighted by Crippen LogP contribution is 2.33. The summed E-state index contributed by atoms with van der Waals surface area (Å²) in [6.07, 6.45) is 0. The maximum atomic E-state index is 12.6. The Kier molecular flexibility index (Phi) is 6.31. The normalized spacial score (nSPS) is 10.4. The fourth-order valence-electron chi connectivity index (χ4n) is 2.64. The number of nitro benzene ring substituents is 2. The van der Waals surface area contributed by atoms with Crippen LogP contribution in [0.1, 0.15) is 27.0 Å². The first-order valence-electron chi connectivity index (χ1n) is 8.79. The fraction of sp³-hybridized carbons (Fsp3) is 0.105. The Hall–Kier alpha value is -4.19. The van der Waals surface area contributed by atoms with Crippen molar-refractivity contribution in [2.24, 2.45) is 0 Å². The number of carbonyl (C=O) groups excluding carboxylic acids is 2. The van der Waals surface area contributed by atoms with Gasteiger partial charge >= 0.3 is 5.97 Å². The summed E-state index contributed by atoms with van der Waals surface area (Å²) in [5.74, 6) is -1.52. The van der Waals surface area contributed by atoms with Gasteiger partial charge in [0.1, 0.15) is 10.4 Å². The van der Waals surface area contributed by atoms with E-state index >= 15 is 0 Å². The summed E-state index contributed by atoms with van der Waals surface area (Å²) in [7, 11) is 0. The standard InChI is InChI=1S/C19H14N4O7S/c1-2-30-18(25)16-15(11-6-4-3-5-7-11)20-19(31-16)21-17(24)13-9-8-12(22(26)27)10-14(13)23(28)29/h3-10H,2H2,1H3,(H,20,21,24). The summed E-state index contributed by atoms with van der Waals surface area (Å²) >= 11 is 0.852. The second-order valence-electron chi connectivity index (χ2n) is 5.95. The summed E-state index contributed by atoms with van der Waals surface area (Å²) in [4.78, 5) is 49.9. The summed E-state index contributed by atoms with van der Waals surface area (Å²) < 4.78 is 5.04. The highest BCUT2D eigenvalue weighted by Gasteiger charge is 2.26. The predicted octanol–water partition coefficient (Wildman–Crippen LogP) is 4.06. The molecule has 3 rings (SSSR count). The average Bonchev–Trinajstić information content (AvgIpc) is 3.18. The number of non-ortho nitro benzene ring substituents is 1. The highest BCUT2D eigenvalue weighted by atomic mass is 32.1. The van der Waals surface area contributed by atoms with Crippen molar-refractivity contribution in [1.82, 2.24) is 4.98 Å². The quantitative estimate of drug-likeness (QED) is 0.326. The molecule has 0 atom stereocenters. The van der Waals surface area contributed by atoms with Gasteiger partial charge in [0, 0.05) is 11.6 Å². The number of rotatable bonds is 7. The third-order valence-electron chi connectivity index (χ3n) is 3.99. The van der Waals surface area contributed by atoms with Crippen LogP contribution in [0.4, 0.5) is 16.5 Å². The number of ether oxygens (including phenoxy) is 1. The van der Waals surface area contributed by atoms with Gasteiger partial charge in [-0.15, -0.1) is 0 Å². The number of nitro groups is 2. The number of hydrogen-bond acceptors (Lipinski definition) is 9. The van der Waals surface area contributed by atoms with Crippen molar-refractivity contribution in [3.05, 3.63) is 79.2 Å². The second-order valence-corrected chi connectivity index (χ2v) is 6.95. The lowest BCUT2D eigenvalue weighted by atomic mass is 10.1. The van der Waals surface area contributed by atoms with E-state index in [1.165, 1.54) is 0 Å². The van der Waals surface area contributed by atoms with E-state index < -0.39 is 33.1 Å². The molecule has 11 nitrogen and oxygen atoms in total. The van der Waals surface area contributed by atoms with Crippen LogP contribution >= 0.6 is 11.3 Å². The zero-order valence-corrected chi connectivity index (χ0v) is 16.8. The van der Waals surface area contributed by atoms with Crippen LogP contribution in [0.15, 0.2) is 48.5 Å². The van der Waals surface area contributed by atoms with Gasteiger partial charge in [-0.1, -0.05) is 41.7 Å². The number of carbonyl (C=O) groups is 2. The van der Waals surface area contributed by atoms with E-state index in [-0.39, 0.29) is 27.9 Å². The van der Waals surface area contributed by atoms with Crippen molar-refractivity contribution >= 4 is 39.7 Å². The monoisotopic (exact) mass is 442 g/mol. The van der Waals surface area contributed by atoms with Crippen molar-refractivity contribution < 1.29 is 24.2 Å². The molecule has 2 aromatic carbocycles. The molecule has 0 spiro atoms. The van der Waals surface area contributed by atoms with E-state index in [0.29, 0.717) is 11.6 Å². The number of anilines is 1. The first-order valence-corrected chi connectivity index (χ1v) is 9.61. The summed E-state index contributed by atoms with van der Waals surface area (Å²) in [6.45, 7) is 1.79. The van der Waals surface area contributed by atoms with Gasteiger partial charge in [0.05, 0.1) is 28.2 Å². The molecular formula is C19H14N4O7S. The number of thiazole rings is 1. The van der Waals surface area contributed by atoms with Crippen molar-refractivity contribution in [2.45, 2.75) is 6.92 Å². The van der Waals surface area contributed by atoms with Crippen LogP contribution in [-0.4, -0.2) is 33.3 Å². The molecule has 0 aliphatic carbocycles. The van der Waals surface area contributed by atoms with Gasteiger partial charge in [0.15, 0.2) is 5.13 Å². The summed E-state index contributed by atoms with van der Waals surface area (Å²) in [6, 6.07) is 11.4. The van der Waals surface area contributed by atoms with Crippen LogP contribution in [0.2, 0.25) is 0 Å². The van der Waals surface area contributed by atoms with Crippen molar-refractivity contribution in [2.75, 3.05) is 11.9 Å². The minimum Gasteiger partial charge on any atom is -0.462 e. The summed E-state index contributed by atoms with van der Waals surface area (Å²) in [5, 5.41) is 24.6. The van der Waals surface area contributed by atoms with Gasteiger partial charge in [0.2, 0.25) is 0 Å². The topological polar surface area (TPSA) is 155 Å². The van der Waals surface area contributed by atoms with E-state index in [1.54, 1.807) is 37.3 Å². The molecule has 0 radical (unpaired) electrons. The van der Waals surface area contributed by atoms with E-state index in [4.69, 9.17) is 4.74 Å². The average molecular weight is 442 g/mol. The van der Waals surface area contributed by atoms with Gasteiger partial charge in [-0.25, -0.2) is 9.78 Å². The van der Waals surface area contributed by atoms with Gasteiger partial charge in [-0.2, -0.15) is 0 Å². The minimum absolute atomic E-state index is 0.0135. The first kappa shape index (κ1) is 21.5. The number of nitrogens with one attached hydrogen (secondary N) is 1. The zero-order chi connectivity index (χ0) is 22.5. The van der Waals surface area contributed by atoms with Crippen LogP contribution in [0.5, 0.6) is 0 Å². The molecule has 1 aromatic heterocycles. The molecule has 31 heavy (non-hydrogen) atoms. The predicted molar refractivity (Wildman–Crippen MR) is 111 cm³/mol. The second kappa shape index (κ2) is 9.09. The third-order valence-corrected chi connectivity index (χ3v) is 4.94. The smallest absolute Gasteiger partial charge is 0.350 e. The van der Waals surface area contributed by atoms with E-state index in [2.05, 4.69) is 10.3 Å². The number of benzene rings is 2. The number of amides is 1. The Morgan fingerprint density at radius 1 is 1.10 bits per heavy atom. The van der Waals surface area contributed by atoms with Gasteiger partial charge in [0.25, 0.3) is 17.3 Å². The SMILES string of the molecule is CCOC(=O)c1sc(NC(=O)c2ccc([N+](=O)[O-])cc2[N+](=O)[O-])nc1-c1ccccc1. The minimum atomic E-state index is -0.898. The van der Waals surface area contributed by atoms with E-state index in [9.17, 15) is 29.8 Å². The van der Waals surface area contributed by atoms with Crippen LogP contribution in [0.3, 0.4) is 0 Å². The Morgan fingerprint density at radius 3 is 2.42 bits per heavy atom. The van der Waals surface area contributed by atoms with Crippen molar-refractivity contribution in [3.8, 4) is 11.3 Å². The van der Waals surface area contributed by atoms with Gasteiger partial charge < -0.3 is 4.74 Å². The lowest BCUT2D eigenvalue weighted by Gasteiger charge is -2.03. The lowest BCUT2D eigenvalue weighted by Crippen LogP contribution is -2.14. The van der Waals surface area contributed by atoms with Gasteiger partial charge in [-0.05, 0) is 13.0 Å². The third kappa shape index (κ3) is 4.70. The molecule has 0 fully saturated rings. The molecule has 0 saturated heterocycles. The molecule has 0 aliphatic heterocycles. The number of esters is 1. The fourth-order valence-corrected chi connectivity index (χ4v) is 3.52. The Labute approximate surface area is 178 Å². The maximum absolute atomic E-state index is 12.6. The molecule has 0 aliphatic rings. The van der Waals surface area contributed by atoms with Crippen LogP contribution < -0.4 is 5.32 Å². The number of nitrogens with zero attached hydrogens (tertiary/aromatic N) is 3. The molecule has 158 valence electrons. The number of hydrogen-bond donors (Lipinski definition) is 1. The highest BCUT2D eigenvalue weighted by molar-refractivity contribution is 7.18. The van der Waals surface area contributed by atoms with E-state index in [1.807, 2.05) is 0 Å². The molecule has 1 amide bonds. The maximum Gasteiger partial charge on any atom is 0.350 e. The summed E-state index contributed by atoms with van der Waals surface area (Å²) in [5.41, 5.74) is -0.725. The molecule has 12 heteroatoms. The number of aromatic nitrogens is 1. The van der Waals surface area contributed by atoms with Crippen molar-refractivity contribution in [3.63, 3.8) is 0 Å². The lowest BCUT2D eigenvalue weighted by molar-refractivity contribution is -0.394. The van der Waals surface area contributed by atoms with Crippen LogP contribution in [-0.2, 0) is 4.74 Å². The molecule has 0 bridgehead atoms. The molecular weight excluding hydrogens is 428 g/mol. The Balaban J connectivity index is 1.98. The first-order chi connectivity index (χ1) is 14.8. The Morgan fingerprint density at radius 2 is 1.81 bits per heavy atom. The Bertz CT molecular complexity index is 1180. The molecule has 0 saturated carbocycles. The molecule has 1 heterocycles. The zero-order valence-electron chi connectivity index (χ0n) is 15.9. The molecule has 3 aromatic rings. The molecule has 0 unspecified atom stereocenters. The van der Waals surface area contributed by atoms with Crippen LogP contribution in [0.25, 0.3) is 11.3 Å². The largest absolute Gasteiger partial charge is 0.462 e. The van der Waals surface area contributed by atoms with Gasteiger partial charge in [-0.3, -0.25) is 30.3 Å². The van der Waals surface area contributed by atoms with Crippen molar-refractivity contribution in [1.29, 1.82) is 0 Å². The van der Waals surface area contributed by atoms with E-state index in [0.717, 1.165) is 23.5 Å².